The van der Waals surface area contributed by atoms with Crippen LogP contribution in [0.2, 0.25) is 0 Å². The van der Waals surface area contributed by atoms with Crippen LogP contribution >= 0.6 is 11.8 Å². The first-order valence-electron chi connectivity index (χ1n) is 7.32. The largest absolute Gasteiger partial charge is 0.465 e. The summed E-state index contributed by atoms with van der Waals surface area (Å²) in [4.78, 5) is 37.1. The van der Waals surface area contributed by atoms with Gasteiger partial charge in [0.15, 0.2) is 0 Å². The van der Waals surface area contributed by atoms with Gasteiger partial charge in [0.1, 0.15) is 6.54 Å². The zero-order valence-electron chi connectivity index (χ0n) is 13.6. The Morgan fingerprint density at radius 1 is 1.22 bits per heavy atom. The van der Waals surface area contributed by atoms with Gasteiger partial charge in [-0.25, -0.2) is 0 Å². The van der Waals surface area contributed by atoms with Gasteiger partial charge < -0.3 is 4.74 Å². The van der Waals surface area contributed by atoms with Crippen LogP contribution in [0.15, 0.2) is 17.0 Å². The van der Waals surface area contributed by atoms with Crippen molar-refractivity contribution in [2.24, 2.45) is 0 Å². The number of hydrogen-bond donors (Lipinski definition) is 0. The number of amides is 2. The van der Waals surface area contributed by atoms with Crippen LogP contribution in [0.3, 0.4) is 0 Å². The van der Waals surface area contributed by atoms with Gasteiger partial charge in [0.25, 0.3) is 11.1 Å². The van der Waals surface area contributed by atoms with E-state index in [1.807, 2.05) is 32.9 Å². The van der Waals surface area contributed by atoms with Gasteiger partial charge in [-0.1, -0.05) is 17.7 Å². The predicted molar refractivity (Wildman–Crippen MR) is 90.0 cm³/mol. The summed E-state index contributed by atoms with van der Waals surface area (Å²) in [5, 5.41) is -0.447. The number of carbonyl (C=O) groups excluding carboxylic acids is 3. The van der Waals surface area contributed by atoms with E-state index in [0.29, 0.717) is 4.91 Å². The van der Waals surface area contributed by atoms with Crippen molar-refractivity contribution >= 4 is 35.0 Å². The maximum absolute atomic E-state index is 12.4. The van der Waals surface area contributed by atoms with E-state index in [9.17, 15) is 14.4 Å². The normalized spacial score (nSPS) is 16.3. The smallest absolute Gasteiger partial charge is 0.326 e. The van der Waals surface area contributed by atoms with Crippen molar-refractivity contribution in [2.75, 3.05) is 13.2 Å². The molecule has 1 aliphatic rings. The summed E-state index contributed by atoms with van der Waals surface area (Å²) in [5.41, 5.74) is 4.16. The highest BCUT2D eigenvalue weighted by Crippen LogP contribution is 2.33. The molecule has 122 valence electrons. The summed E-state index contributed by atoms with van der Waals surface area (Å²) in [6, 6.07) is 4.06. The summed E-state index contributed by atoms with van der Waals surface area (Å²) >= 11 is 0.849. The SMILES string of the molecule is CCOC(=O)CN1C(=O)S/C(=C\c2c(C)cc(C)cc2C)C1=O. The van der Waals surface area contributed by atoms with Crippen LogP contribution in [-0.2, 0) is 14.3 Å². The van der Waals surface area contributed by atoms with E-state index in [4.69, 9.17) is 4.74 Å². The van der Waals surface area contributed by atoms with Gasteiger partial charge in [-0.05, 0) is 62.2 Å². The molecule has 1 aromatic carbocycles. The van der Waals surface area contributed by atoms with Gasteiger partial charge in [-0.15, -0.1) is 0 Å². The molecule has 1 fully saturated rings. The molecule has 0 atom stereocenters. The summed E-state index contributed by atoms with van der Waals surface area (Å²) in [7, 11) is 0. The fraction of sp³-hybridized carbons (Fsp3) is 0.353. The van der Waals surface area contributed by atoms with Gasteiger partial charge in [0.05, 0.1) is 11.5 Å². The number of carbonyl (C=O) groups is 3. The molecule has 0 radical (unpaired) electrons. The molecule has 1 aliphatic heterocycles. The number of aryl methyl sites for hydroxylation is 3. The first-order valence-corrected chi connectivity index (χ1v) is 8.14. The van der Waals surface area contributed by atoms with Gasteiger partial charge in [0.2, 0.25) is 0 Å². The molecule has 0 bridgehead atoms. The van der Waals surface area contributed by atoms with Crippen molar-refractivity contribution in [3.8, 4) is 0 Å². The molecule has 23 heavy (non-hydrogen) atoms. The third-order valence-corrected chi connectivity index (χ3v) is 4.39. The molecule has 0 spiro atoms. The van der Waals surface area contributed by atoms with Crippen LogP contribution in [0, 0.1) is 20.8 Å². The van der Waals surface area contributed by atoms with Crippen molar-refractivity contribution in [1.29, 1.82) is 0 Å². The zero-order valence-corrected chi connectivity index (χ0v) is 14.5. The number of rotatable bonds is 4. The predicted octanol–water partition coefficient (Wildman–Crippen LogP) is 3.21. The number of hydrogen-bond acceptors (Lipinski definition) is 5. The molecule has 2 rings (SSSR count). The molecule has 6 heteroatoms. The van der Waals surface area contributed by atoms with Crippen molar-refractivity contribution in [3.63, 3.8) is 0 Å². The van der Waals surface area contributed by atoms with Crippen molar-refractivity contribution in [2.45, 2.75) is 27.7 Å². The van der Waals surface area contributed by atoms with E-state index in [-0.39, 0.29) is 13.2 Å². The third kappa shape index (κ3) is 3.82. The molecule has 0 unspecified atom stereocenters. The molecule has 1 aromatic rings. The first-order chi connectivity index (χ1) is 10.8. The van der Waals surface area contributed by atoms with Crippen molar-refractivity contribution < 1.29 is 19.1 Å². The maximum Gasteiger partial charge on any atom is 0.326 e. The van der Waals surface area contributed by atoms with E-state index >= 15 is 0 Å². The molecule has 0 aromatic heterocycles. The number of ether oxygens (including phenoxy) is 1. The molecule has 1 saturated heterocycles. The fourth-order valence-corrected chi connectivity index (χ4v) is 3.34. The van der Waals surface area contributed by atoms with Gasteiger partial charge in [-0.2, -0.15) is 0 Å². The summed E-state index contributed by atoms with van der Waals surface area (Å²) < 4.78 is 4.79. The number of nitrogens with zero attached hydrogens (tertiary/aromatic N) is 1. The Morgan fingerprint density at radius 2 is 1.83 bits per heavy atom. The molecule has 5 nitrogen and oxygen atoms in total. The van der Waals surface area contributed by atoms with Crippen LogP contribution in [0.5, 0.6) is 0 Å². The molecule has 0 aliphatic carbocycles. The van der Waals surface area contributed by atoms with E-state index < -0.39 is 17.1 Å². The minimum atomic E-state index is -0.584. The van der Waals surface area contributed by atoms with E-state index in [1.54, 1.807) is 13.0 Å². The topological polar surface area (TPSA) is 63.7 Å². The van der Waals surface area contributed by atoms with Crippen molar-refractivity contribution in [1.82, 2.24) is 4.90 Å². The Morgan fingerprint density at radius 3 is 2.39 bits per heavy atom. The Bertz CT molecular complexity index is 686. The van der Waals surface area contributed by atoms with Crippen LogP contribution in [0.1, 0.15) is 29.2 Å². The third-order valence-electron chi connectivity index (χ3n) is 3.48. The Balaban J connectivity index is 2.27. The Kier molecular flexibility index (Phi) is 5.26. The van der Waals surface area contributed by atoms with E-state index in [1.165, 1.54) is 0 Å². The lowest BCUT2D eigenvalue weighted by atomic mass is 9.99. The first kappa shape index (κ1) is 17.3. The second-order valence-electron chi connectivity index (χ2n) is 5.39. The number of esters is 1. The highest BCUT2D eigenvalue weighted by atomic mass is 32.2. The summed E-state index contributed by atoms with van der Waals surface area (Å²) in [6.07, 6.45) is 1.72. The average Bonchev–Trinajstić information content (AvgIpc) is 2.70. The van der Waals surface area contributed by atoms with Gasteiger partial charge in [0, 0.05) is 0 Å². The minimum Gasteiger partial charge on any atom is -0.465 e. The van der Waals surface area contributed by atoms with Gasteiger partial charge >= 0.3 is 5.97 Å². The number of thioether (sulfide) groups is 1. The standard InChI is InChI=1S/C17H19NO4S/c1-5-22-15(19)9-18-16(20)14(23-17(18)21)8-13-11(3)6-10(2)7-12(13)4/h6-8H,5,9H2,1-4H3/b14-8-. The van der Waals surface area contributed by atoms with Crippen LogP contribution in [0.25, 0.3) is 6.08 Å². The van der Waals surface area contributed by atoms with Crippen LogP contribution in [0.4, 0.5) is 4.79 Å². The lowest BCUT2D eigenvalue weighted by Gasteiger charge is -2.11. The Hall–Kier alpha value is -2.08. The summed E-state index contributed by atoms with van der Waals surface area (Å²) in [6.45, 7) is 7.49. The second kappa shape index (κ2) is 7.00. The van der Waals surface area contributed by atoms with Crippen LogP contribution in [-0.4, -0.2) is 35.2 Å². The molecular weight excluding hydrogens is 314 g/mol. The number of imide groups is 1. The minimum absolute atomic E-state index is 0.215. The molecule has 2 amide bonds. The molecular formula is C17H19NO4S. The van der Waals surface area contributed by atoms with Gasteiger partial charge in [-0.3, -0.25) is 19.3 Å². The Labute approximate surface area is 139 Å². The fourth-order valence-electron chi connectivity index (χ4n) is 2.52. The lowest BCUT2D eigenvalue weighted by Crippen LogP contribution is -2.34. The molecule has 0 N–H and O–H groups in total. The van der Waals surface area contributed by atoms with E-state index in [0.717, 1.165) is 38.9 Å². The maximum atomic E-state index is 12.4. The molecule has 0 saturated carbocycles. The highest BCUT2D eigenvalue weighted by Gasteiger charge is 2.36. The van der Waals surface area contributed by atoms with Crippen molar-refractivity contribution in [3.05, 3.63) is 39.3 Å². The lowest BCUT2D eigenvalue weighted by molar-refractivity contribution is -0.145. The van der Waals surface area contributed by atoms with Crippen LogP contribution < -0.4 is 0 Å². The molecule has 1 heterocycles. The second-order valence-corrected chi connectivity index (χ2v) is 6.38. The quantitative estimate of drug-likeness (QED) is 0.625. The number of benzene rings is 1. The van der Waals surface area contributed by atoms with E-state index in [2.05, 4.69) is 0 Å². The summed E-state index contributed by atoms with van der Waals surface area (Å²) in [5.74, 6) is -1.04. The average molecular weight is 333 g/mol. The monoisotopic (exact) mass is 333 g/mol. The highest BCUT2D eigenvalue weighted by molar-refractivity contribution is 8.18. The zero-order chi connectivity index (χ0) is 17.1.